The number of thiophene rings is 1. The quantitative estimate of drug-likeness (QED) is 0.738. The molecule has 1 N–H and O–H groups in total. The first-order chi connectivity index (χ1) is 13.6. The summed E-state index contributed by atoms with van der Waals surface area (Å²) < 4.78 is 5.51. The van der Waals surface area contributed by atoms with Gasteiger partial charge in [-0.2, -0.15) is 0 Å². The first-order valence-corrected chi connectivity index (χ1v) is 10.8. The lowest BCUT2D eigenvalue weighted by atomic mass is 10.1. The Kier molecular flexibility index (Phi) is 7.62. The van der Waals surface area contributed by atoms with E-state index in [9.17, 15) is 4.79 Å². The largest absolute Gasteiger partial charge is 0.379 e. The van der Waals surface area contributed by atoms with Crippen molar-refractivity contribution in [2.24, 2.45) is 0 Å². The normalized spacial score (nSPS) is 17.2. The fourth-order valence-electron chi connectivity index (χ4n) is 3.61. The predicted octanol–water partition coefficient (Wildman–Crippen LogP) is 3.07. The zero-order chi connectivity index (χ0) is 19.9. The molecule has 1 aromatic carbocycles. The molecule has 2 aromatic rings. The zero-order valence-electron chi connectivity index (χ0n) is 17.1. The number of rotatable bonds is 8. The van der Waals surface area contributed by atoms with Gasteiger partial charge in [0.2, 0.25) is 5.91 Å². The van der Waals surface area contributed by atoms with Crippen LogP contribution in [0.25, 0.3) is 0 Å². The minimum atomic E-state index is -0.225. The third-order valence-corrected chi connectivity index (χ3v) is 6.36. The minimum absolute atomic E-state index is 0.121. The van der Waals surface area contributed by atoms with Crippen LogP contribution in [0.1, 0.15) is 29.0 Å². The van der Waals surface area contributed by atoms with Crippen molar-refractivity contribution in [3.63, 3.8) is 0 Å². The van der Waals surface area contributed by atoms with E-state index in [0.29, 0.717) is 6.54 Å². The Morgan fingerprint density at radius 3 is 2.68 bits per heavy atom. The Labute approximate surface area is 172 Å². The molecule has 1 amide bonds. The molecule has 6 heteroatoms. The van der Waals surface area contributed by atoms with Crippen LogP contribution in [-0.2, 0) is 16.1 Å². The highest BCUT2D eigenvalue weighted by atomic mass is 32.1. The molecule has 28 heavy (non-hydrogen) atoms. The molecule has 0 aliphatic carbocycles. The predicted molar refractivity (Wildman–Crippen MR) is 115 cm³/mol. The van der Waals surface area contributed by atoms with Gasteiger partial charge in [0.05, 0.1) is 25.3 Å². The number of morpholine rings is 1. The van der Waals surface area contributed by atoms with Gasteiger partial charge in [0.25, 0.3) is 0 Å². The first kappa shape index (κ1) is 21.0. The van der Waals surface area contributed by atoms with Gasteiger partial charge in [0, 0.05) is 38.1 Å². The van der Waals surface area contributed by atoms with Crippen molar-refractivity contribution < 1.29 is 9.53 Å². The Morgan fingerprint density at radius 1 is 1.25 bits per heavy atom. The molecule has 2 unspecified atom stereocenters. The number of nitrogens with one attached hydrogen (secondary N) is 1. The third-order valence-electron chi connectivity index (χ3n) is 5.39. The molecule has 1 saturated heterocycles. The van der Waals surface area contributed by atoms with Gasteiger partial charge in [-0.05, 0) is 36.4 Å². The summed E-state index contributed by atoms with van der Waals surface area (Å²) in [5, 5.41) is 5.60. The highest BCUT2D eigenvalue weighted by Gasteiger charge is 2.25. The lowest BCUT2D eigenvalue weighted by Crippen LogP contribution is -2.48. The maximum Gasteiger partial charge on any atom is 0.239 e. The van der Waals surface area contributed by atoms with Crippen molar-refractivity contribution in [2.75, 3.05) is 39.9 Å². The molecule has 5 nitrogen and oxygen atoms in total. The second-order valence-corrected chi connectivity index (χ2v) is 8.41. The van der Waals surface area contributed by atoms with E-state index in [1.807, 2.05) is 31.0 Å². The Bertz CT molecular complexity index is 744. The van der Waals surface area contributed by atoms with Gasteiger partial charge in [0.15, 0.2) is 0 Å². The summed E-state index contributed by atoms with van der Waals surface area (Å²) in [7, 11) is 1.88. The lowest BCUT2D eigenvalue weighted by Gasteiger charge is -2.35. The van der Waals surface area contributed by atoms with Crippen LogP contribution in [0.4, 0.5) is 0 Å². The van der Waals surface area contributed by atoms with Crippen molar-refractivity contribution in [2.45, 2.75) is 32.5 Å². The minimum Gasteiger partial charge on any atom is -0.379 e. The van der Waals surface area contributed by atoms with E-state index < -0.39 is 0 Å². The van der Waals surface area contributed by atoms with Crippen LogP contribution >= 0.6 is 11.3 Å². The Hall–Kier alpha value is -1.73. The van der Waals surface area contributed by atoms with Gasteiger partial charge in [-0.15, -0.1) is 11.3 Å². The maximum absolute atomic E-state index is 12.9. The zero-order valence-corrected chi connectivity index (χ0v) is 17.9. The average molecular weight is 402 g/mol. The third kappa shape index (κ3) is 5.41. The number of hydrogen-bond acceptors (Lipinski definition) is 5. The smallest absolute Gasteiger partial charge is 0.239 e. The van der Waals surface area contributed by atoms with Gasteiger partial charge < -0.3 is 15.0 Å². The molecule has 1 aliphatic heterocycles. The van der Waals surface area contributed by atoms with Crippen molar-refractivity contribution in [3.05, 3.63) is 57.8 Å². The van der Waals surface area contributed by atoms with Crippen LogP contribution < -0.4 is 5.32 Å². The fourth-order valence-corrected chi connectivity index (χ4v) is 4.47. The second-order valence-electron chi connectivity index (χ2n) is 7.43. The molecule has 152 valence electrons. The molecule has 1 aliphatic rings. The molecular formula is C22H31N3O2S. The summed E-state index contributed by atoms with van der Waals surface area (Å²) in [6, 6.07) is 12.6. The SMILES string of the molecule is Cc1ccccc1CN(C)C(=O)C(C)NCC(c1cccs1)N1CCOCC1. The van der Waals surface area contributed by atoms with E-state index in [0.717, 1.165) is 32.8 Å². The Balaban J connectivity index is 1.58. The number of benzene rings is 1. The van der Waals surface area contributed by atoms with Crippen LogP contribution in [0.3, 0.4) is 0 Å². The number of hydrogen-bond donors (Lipinski definition) is 1. The van der Waals surface area contributed by atoms with Gasteiger partial charge in [0.1, 0.15) is 0 Å². The number of ether oxygens (including phenoxy) is 1. The molecule has 3 rings (SSSR count). The monoisotopic (exact) mass is 401 g/mol. The van der Waals surface area contributed by atoms with Gasteiger partial charge in [-0.1, -0.05) is 30.3 Å². The van der Waals surface area contributed by atoms with Crippen LogP contribution in [0.15, 0.2) is 41.8 Å². The molecular weight excluding hydrogens is 370 g/mol. The van der Waals surface area contributed by atoms with Gasteiger partial charge in [-0.25, -0.2) is 0 Å². The number of likely N-dealkylation sites (N-methyl/N-ethyl adjacent to an activating group) is 1. The van der Waals surface area contributed by atoms with Crippen molar-refractivity contribution in [3.8, 4) is 0 Å². The first-order valence-electron chi connectivity index (χ1n) is 9.94. The van der Waals surface area contributed by atoms with E-state index in [1.165, 1.54) is 16.0 Å². The highest BCUT2D eigenvalue weighted by Crippen LogP contribution is 2.25. The van der Waals surface area contributed by atoms with Crippen LogP contribution in [0.2, 0.25) is 0 Å². The van der Waals surface area contributed by atoms with Crippen LogP contribution in [-0.4, -0.2) is 61.6 Å². The number of aryl methyl sites for hydroxylation is 1. The van der Waals surface area contributed by atoms with E-state index in [-0.39, 0.29) is 18.0 Å². The topological polar surface area (TPSA) is 44.8 Å². The highest BCUT2D eigenvalue weighted by molar-refractivity contribution is 7.10. The molecule has 1 fully saturated rings. The fraction of sp³-hybridized carbons (Fsp3) is 0.500. The van der Waals surface area contributed by atoms with Crippen molar-refractivity contribution >= 4 is 17.2 Å². The summed E-state index contributed by atoms with van der Waals surface area (Å²) >= 11 is 1.78. The summed E-state index contributed by atoms with van der Waals surface area (Å²) in [5.41, 5.74) is 2.41. The van der Waals surface area contributed by atoms with Crippen LogP contribution in [0.5, 0.6) is 0 Å². The molecule has 2 atom stereocenters. The van der Waals surface area contributed by atoms with Crippen molar-refractivity contribution in [1.29, 1.82) is 0 Å². The maximum atomic E-state index is 12.9. The summed E-state index contributed by atoms with van der Waals surface area (Å²) in [6.07, 6.45) is 0. The molecule has 0 bridgehead atoms. The molecule has 2 heterocycles. The van der Waals surface area contributed by atoms with E-state index >= 15 is 0 Å². The summed E-state index contributed by atoms with van der Waals surface area (Å²) in [5.74, 6) is 0.121. The second kappa shape index (κ2) is 10.2. The molecule has 1 aromatic heterocycles. The van der Waals surface area contributed by atoms with Gasteiger partial charge >= 0.3 is 0 Å². The number of carbonyl (C=O) groups excluding carboxylic acids is 1. The van der Waals surface area contributed by atoms with E-state index in [2.05, 4.69) is 46.8 Å². The lowest BCUT2D eigenvalue weighted by molar-refractivity contribution is -0.132. The average Bonchev–Trinajstić information content (AvgIpc) is 3.24. The standard InChI is InChI=1S/C22H31N3O2S/c1-17-7-4-5-8-19(17)16-24(3)22(26)18(2)23-15-20(21-9-6-14-28-21)25-10-12-27-13-11-25/h4-9,14,18,20,23H,10-13,15-16H2,1-3H3. The summed E-state index contributed by atoms with van der Waals surface area (Å²) in [4.78, 5) is 18.5. The van der Waals surface area contributed by atoms with Gasteiger partial charge in [-0.3, -0.25) is 9.69 Å². The number of amides is 1. The molecule has 0 radical (unpaired) electrons. The van der Waals surface area contributed by atoms with E-state index in [4.69, 9.17) is 4.74 Å². The number of nitrogens with zero attached hydrogens (tertiary/aromatic N) is 2. The van der Waals surface area contributed by atoms with Crippen molar-refractivity contribution in [1.82, 2.24) is 15.1 Å². The van der Waals surface area contributed by atoms with E-state index in [1.54, 1.807) is 11.3 Å². The molecule has 0 spiro atoms. The van der Waals surface area contributed by atoms with Crippen LogP contribution in [0, 0.1) is 6.92 Å². The molecule has 0 saturated carbocycles. The summed E-state index contributed by atoms with van der Waals surface area (Å²) in [6.45, 7) is 8.84. The number of carbonyl (C=O) groups is 1. The Morgan fingerprint density at radius 2 is 2.00 bits per heavy atom.